The van der Waals surface area contributed by atoms with E-state index in [2.05, 4.69) is 27.7 Å². The topological polar surface area (TPSA) is 78.9 Å². The summed E-state index contributed by atoms with van der Waals surface area (Å²) in [6.07, 6.45) is 55.7. The molecule has 0 heterocycles. The second-order valence-electron chi connectivity index (χ2n) is 20.1. The first-order chi connectivity index (χ1) is 30.9. The molecule has 0 aliphatic carbocycles. The van der Waals surface area contributed by atoms with Gasteiger partial charge in [0.05, 0.1) is 0 Å². The molecule has 0 aromatic heterocycles. The van der Waals surface area contributed by atoms with Gasteiger partial charge >= 0.3 is 17.9 Å². The van der Waals surface area contributed by atoms with Crippen molar-refractivity contribution in [2.75, 3.05) is 13.2 Å². The number of hydrogen-bond donors (Lipinski definition) is 0. The standard InChI is InChI=1S/C57H110O6/c1-5-7-9-11-12-13-14-15-16-17-18-23-26-29-32-35-38-42-46-50-57(60)63-54(51-61-55(58)48-44-39-10-8-6-2)52-62-56(59)49-45-41-37-34-31-28-25-22-20-19-21-24-27-30-33-36-40-43-47-53(3)4/h53-54H,5-52H2,1-4H3/t54-/m1/s1. The van der Waals surface area contributed by atoms with Crippen molar-refractivity contribution < 1.29 is 28.6 Å². The average Bonchev–Trinajstić information content (AvgIpc) is 3.27. The van der Waals surface area contributed by atoms with E-state index in [0.717, 1.165) is 70.1 Å². The minimum Gasteiger partial charge on any atom is -0.462 e. The monoisotopic (exact) mass is 891 g/mol. The van der Waals surface area contributed by atoms with Crippen LogP contribution >= 0.6 is 0 Å². The molecule has 0 amide bonds. The Balaban J connectivity index is 4.03. The summed E-state index contributed by atoms with van der Waals surface area (Å²) in [5.74, 6) is 0.00559. The molecule has 0 N–H and O–H groups in total. The first-order valence-corrected chi connectivity index (χ1v) is 28.4. The van der Waals surface area contributed by atoms with Crippen LogP contribution in [0.5, 0.6) is 0 Å². The van der Waals surface area contributed by atoms with Gasteiger partial charge in [0.15, 0.2) is 6.10 Å². The van der Waals surface area contributed by atoms with Gasteiger partial charge < -0.3 is 14.2 Å². The number of carbonyl (C=O) groups is 3. The number of hydrogen-bond acceptors (Lipinski definition) is 6. The van der Waals surface area contributed by atoms with Crippen LogP contribution in [0.2, 0.25) is 0 Å². The van der Waals surface area contributed by atoms with E-state index in [1.165, 1.54) is 212 Å². The van der Waals surface area contributed by atoms with Crippen molar-refractivity contribution in [2.45, 2.75) is 329 Å². The van der Waals surface area contributed by atoms with Gasteiger partial charge in [-0.3, -0.25) is 14.4 Å². The molecule has 6 nitrogen and oxygen atoms in total. The fraction of sp³-hybridized carbons (Fsp3) is 0.947. The summed E-state index contributed by atoms with van der Waals surface area (Å²) in [5, 5.41) is 0. The molecule has 0 saturated heterocycles. The Labute approximate surface area is 393 Å². The molecule has 0 rings (SSSR count). The maximum Gasteiger partial charge on any atom is 0.306 e. The van der Waals surface area contributed by atoms with E-state index in [-0.39, 0.29) is 31.1 Å². The first-order valence-electron chi connectivity index (χ1n) is 28.4. The van der Waals surface area contributed by atoms with Gasteiger partial charge in [-0.05, 0) is 25.2 Å². The van der Waals surface area contributed by atoms with E-state index in [1.54, 1.807) is 0 Å². The van der Waals surface area contributed by atoms with Gasteiger partial charge in [-0.15, -0.1) is 0 Å². The van der Waals surface area contributed by atoms with Crippen LogP contribution in [0.15, 0.2) is 0 Å². The summed E-state index contributed by atoms with van der Waals surface area (Å²) in [6, 6.07) is 0. The lowest BCUT2D eigenvalue weighted by molar-refractivity contribution is -0.167. The van der Waals surface area contributed by atoms with E-state index in [1.807, 2.05) is 0 Å². The Kier molecular flexibility index (Phi) is 50.1. The maximum absolute atomic E-state index is 12.8. The van der Waals surface area contributed by atoms with Crippen LogP contribution in [0.25, 0.3) is 0 Å². The Morgan fingerprint density at radius 2 is 0.524 bits per heavy atom. The number of carbonyl (C=O) groups excluding carboxylic acids is 3. The Morgan fingerprint density at radius 3 is 0.778 bits per heavy atom. The normalized spacial score (nSPS) is 12.0. The molecule has 6 heteroatoms. The lowest BCUT2D eigenvalue weighted by Crippen LogP contribution is -2.30. The molecular weight excluding hydrogens is 781 g/mol. The Morgan fingerprint density at radius 1 is 0.302 bits per heavy atom. The van der Waals surface area contributed by atoms with Crippen molar-refractivity contribution in [1.29, 1.82) is 0 Å². The van der Waals surface area contributed by atoms with Gasteiger partial charge in [-0.2, -0.15) is 0 Å². The van der Waals surface area contributed by atoms with Crippen molar-refractivity contribution in [2.24, 2.45) is 5.92 Å². The van der Waals surface area contributed by atoms with Crippen LogP contribution in [0.1, 0.15) is 323 Å². The third-order valence-electron chi connectivity index (χ3n) is 13.0. The largest absolute Gasteiger partial charge is 0.462 e. The summed E-state index contributed by atoms with van der Waals surface area (Å²) in [6.45, 7) is 8.99. The summed E-state index contributed by atoms with van der Waals surface area (Å²) < 4.78 is 16.7. The first kappa shape index (κ1) is 61.4. The summed E-state index contributed by atoms with van der Waals surface area (Å²) in [5.41, 5.74) is 0. The highest BCUT2D eigenvalue weighted by atomic mass is 16.6. The predicted octanol–water partition coefficient (Wildman–Crippen LogP) is 18.6. The maximum atomic E-state index is 12.8. The number of unbranched alkanes of at least 4 members (excludes halogenated alkanes) is 39. The van der Waals surface area contributed by atoms with Gasteiger partial charge in [0.1, 0.15) is 13.2 Å². The molecule has 0 aliphatic rings. The fourth-order valence-electron chi connectivity index (χ4n) is 8.75. The zero-order chi connectivity index (χ0) is 45.9. The molecule has 0 aromatic carbocycles. The summed E-state index contributed by atoms with van der Waals surface area (Å²) in [7, 11) is 0. The van der Waals surface area contributed by atoms with E-state index in [0.29, 0.717) is 19.3 Å². The molecule has 0 aliphatic heterocycles. The van der Waals surface area contributed by atoms with Crippen LogP contribution in [0, 0.1) is 5.92 Å². The third-order valence-corrected chi connectivity index (χ3v) is 13.0. The molecule has 0 unspecified atom stereocenters. The van der Waals surface area contributed by atoms with Crippen LogP contribution < -0.4 is 0 Å². The predicted molar refractivity (Wildman–Crippen MR) is 270 cm³/mol. The number of rotatable bonds is 52. The molecule has 374 valence electrons. The fourth-order valence-corrected chi connectivity index (χ4v) is 8.75. The number of esters is 3. The second kappa shape index (κ2) is 51.4. The minimum atomic E-state index is -0.759. The van der Waals surface area contributed by atoms with Gasteiger partial charge in [-0.25, -0.2) is 0 Å². The van der Waals surface area contributed by atoms with Crippen molar-refractivity contribution in [3.05, 3.63) is 0 Å². The Hall–Kier alpha value is -1.59. The zero-order valence-electron chi connectivity index (χ0n) is 43.0. The van der Waals surface area contributed by atoms with E-state index in [4.69, 9.17) is 14.2 Å². The van der Waals surface area contributed by atoms with Gasteiger partial charge in [0.25, 0.3) is 0 Å². The lowest BCUT2D eigenvalue weighted by Gasteiger charge is -2.18. The van der Waals surface area contributed by atoms with Crippen molar-refractivity contribution in [3.63, 3.8) is 0 Å². The molecule has 0 radical (unpaired) electrons. The van der Waals surface area contributed by atoms with E-state index in [9.17, 15) is 14.4 Å². The minimum absolute atomic E-state index is 0.0633. The second-order valence-corrected chi connectivity index (χ2v) is 20.1. The molecule has 0 saturated carbocycles. The van der Waals surface area contributed by atoms with E-state index >= 15 is 0 Å². The molecule has 0 fully saturated rings. The molecule has 0 spiro atoms. The highest BCUT2D eigenvalue weighted by Gasteiger charge is 2.19. The van der Waals surface area contributed by atoms with Gasteiger partial charge in [-0.1, -0.05) is 285 Å². The molecular formula is C57H110O6. The van der Waals surface area contributed by atoms with Crippen molar-refractivity contribution >= 4 is 17.9 Å². The van der Waals surface area contributed by atoms with Crippen molar-refractivity contribution in [1.82, 2.24) is 0 Å². The summed E-state index contributed by atoms with van der Waals surface area (Å²) in [4.78, 5) is 37.8. The van der Waals surface area contributed by atoms with Crippen LogP contribution in [0.3, 0.4) is 0 Å². The highest BCUT2D eigenvalue weighted by molar-refractivity contribution is 5.71. The van der Waals surface area contributed by atoms with Gasteiger partial charge in [0, 0.05) is 19.3 Å². The third kappa shape index (κ3) is 51.3. The van der Waals surface area contributed by atoms with Crippen LogP contribution in [0.4, 0.5) is 0 Å². The summed E-state index contributed by atoms with van der Waals surface area (Å²) >= 11 is 0. The molecule has 0 bridgehead atoms. The Bertz CT molecular complexity index is 949. The quantitative estimate of drug-likeness (QED) is 0.0344. The highest BCUT2D eigenvalue weighted by Crippen LogP contribution is 2.18. The zero-order valence-corrected chi connectivity index (χ0v) is 43.0. The smallest absolute Gasteiger partial charge is 0.306 e. The van der Waals surface area contributed by atoms with Crippen LogP contribution in [-0.4, -0.2) is 37.2 Å². The van der Waals surface area contributed by atoms with E-state index < -0.39 is 6.10 Å². The lowest BCUT2D eigenvalue weighted by atomic mass is 10.0. The number of ether oxygens (including phenoxy) is 3. The SMILES string of the molecule is CCCCCCCCCCCCCCCCCCCCCC(=O)O[C@H](COC(=O)CCCCCCC)COC(=O)CCCCCCCCCCCCCCCCCCCCC(C)C. The van der Waals surface area contributed by atoms with Crippen molar-refractivity contribution in [3.8, 4) is 0 Å². The average molecular weight is 892 g/mol. The van der Waals surface area contributed by atoms with Crippen LogP contribution in [-0.2, 0) is 28.6 Å². The molecule has 1 atom stereocenters. The van der Waals surface area contributed by atoms with Gasteiger partial charge in [0.2, 0.25) is 0 Å². The molecule has 63 heavy (non-hydrogen) atoms. The molecule has 0 aromatic rings.